The molecule has 0 aliphatic rings. The van der Waals surface area contributed by atoms with Crippen molar-refractivity contribution >= 4 is 11.6 Å². The summed E-state index contributed by atoms with van der Waals surface area (Å²) in [7, 11) is 0. The molecule has 0 amide bonds. The van der Waals surface area contributed by atoms with E-state index in [1.54, 1.807) is 36.5 Å². The lowest BCUT2D eigenvalue weighted by atomic mass is 10.3. The summed E-state index contributed by atoms with van der Waals surface area (Å²) in [5.74, 6) is 0.491. The molecule has 1 heterocycles. The van der Waals surface area contributed by atoms with Crippen LogP contribution in [-0.2, 0) is 5.88 Å². The zero-order valence-electron chi connectivity index (χ0n) is 8.36. The molecule has 0 saturated heterocycles. The number of nitrogens with zero attached hydrogens (tertiary/aromatic N) is 1. The largest absolute Gasteiger partial charge is 0.436 e. The van der Waals surface area contributed by atoms with Crippen LogP contribution >= 0.6 is 11.6 Å². The van der Waals surface area contributed by atoms with E-state index in [0.29, 0.717) is 11.8 Å². The first kappa shape index (κ1) is 10.9. The Morgan fingerprint density at radius 2 is 2.00 bits per heavy atom. The molecule has 2 nitrogen and oxygen atoms in total. The van der Waals surface area contributed by atoms with Gasteiger partial charge in [-0.25, -0.2) is 9.37 Å². The van der Waals surface area contributed by atoms with Gasteiger partial charge in [0.1, 0.15) is 0 Å². The summed E-state index contributed by atoms with van der Waals surface area (Å²) in [6, 6.07) is 9.63. The van der Waals surface area contributed by atoms with Crippen LogP contribution in [0.3, 0.4) is 0 Å². The molecular formula is C12H9ClFNO. The molecule has 0 N–H and O–H groups in total. The lowest BCUT2D eigenvalue weighted by Gasteiger charge is -2.05. The Hall–Kier alpha value is -1.61. The van der Waals surface area contributed by atoms with Crippen molar-refractivity contribution in [3.8, 4) is 11.6 Å². The van der Waals surface area contributed by atoms with E-state index in [1.807, 2.05) is 0 Å². The topological polar surface area (TPSA) is 22.1 Å². The van der Waals surface area contributed by atoms with Crippen molar-refractivity contribution in [3.63, 3.8) is 0 Å². The standard InChI is InChI=1S/C12H9ClFNO/c13-7-9-5-6-12(15-8-9)16-11-4-2-1-3-10(11)14/h1-6,8H,7H2. The van der Waals surface area contributed by atoms with Crippen molar-refractivity contribution in [2.45, 2.75) is 5.88 Å². The molecule has 2 aromatic rings. The van der Waals surface area contributed by atoms with E-state index in [9.17, 15) is 4.39 Å². The molecule has 82 valence electrons. The third-order valence-corrected chi connectivity index (χ3v) is 2.31. The number of ether oxygens (including phenoxy) is 1. The van der Waals surface area contributed by atoms with Gasteiger partial charge in [-0.2, -0.15) is 0 Å². The van der Waals surface area contributed by atoms with Gasteiger partial charge in [0.25, 0.3) is 0 Å². The Morgan fingerprint density at radius 1 is 1.19 bits per heavy atom. The van der Waals surface area contributed by atoms with Crippen LogP contribution in [0.5, 0.6) is 11.6 Å². The fraction of sp³-hybridized carbons (Fsp3) is 0.0833. The quantitative estimate of drug-likeness (QED) is 0.759. The summed E-state index contributed by atoms with van der Waals surface area (Å²) >= 11 is 5.62. The molecule has 1 aromatic heterocycles. The molecule has 1 aromatic carbocycles. The molecule has 0 aliphatic heterocycles. The highest BCUT2D eigenvalue weighted by atomic mass is 35.5. The fourth-order valence-corrected chi connectivity index (χ4v) is 1.35. The molecule has 2 rings (SSSR count). The predicted molar refractivity (Wildman–Crippen MR) is 60.3 cm³/mol. The smallest absolute Gasteiger partial charge is 0.219 e. The van der Waals surface area contributed by atoms with Crippen LogP contribution in [0.4, 0.5) is 4.39 Å². The fourth-order valence-electron chi connectivity index (χ4n) is 1.19. The lowest BCUT2D eigenvalue weighted by molar-refractivity contribution is 0.427. The molecule has 0 saturated carbocycles. The number of hydrogen-bond acceptors (Lipinski definition) is 2. The van der Waals surface area contributed by atoms with Crippen molar-refractivity contribution in [1.29, 1.82) is 0 Å². The first-order valence-corrected chi connectivity index (χ1v) is 5.26. The summed E-state index contributed by atoms with van der Waals surface area (Å²) in [5.41, 5.74) is 0.891. The summed E-state index contributed by atoms with van der Waals surface area (Å²) < 4.78 is 18.5. The van der Waals surface area contributed by atoms with Gasteiger partial charge in [0.05, 0.1) is 0 Å². The second-order valence-corrected chi connectivity index (χ2v) is 3.44. The Bertz CT molecular complexity index is 473. The van der Waals surface area contributed by atoms with Crippen LogP contribution in [0.1, 0.15) is 5.56 Å². The third-order valence-electron chi connectivity index (χ3n) is 2.00. The number of para-hydroxylation sites is 1. The van der Waals surface area contributed by atoms with E-state index in [2.05, 4.69) is 4.98 Å². The van der Waals surface area contributed by atoms with Crippen molar-refractivity contribution < 1.29 is 9.13 Å². The van der Waals surface area contributed by atoms with Gasteiger partial charge < -0.3 is 4.74 Å². The molecule has 0 unspecified atom stereocenters. The number of aromatic nitrogens is 1. The van der Waals surface area contributed by atoms with Gasteiger partial charge in [0, 0.05) is 18.1 Å². The van der Waals surface area contributed by atoms with Crippen molar-refractivity contribution in [1.82, 2.24) is 4.98 Å². The first-order valence-electron chi connectivity index (χ1n) is 4.73. The molecule has 0 bridgehead atoms. The van der Waals surface area contributed by atoms with Gasteiger partial charge in [0.15, 0.2) is 11.6 Å². The van der Waals surface area contributed by atoms with E-state index in [1.165, 1.54) is 6.07 Å². The highest BCUT2D eigenvalue weighted by molar-refractivity contribution is 6.17. The molecule has 0 spiro atoms. The van der Waals surface area contributed by atoms with Crippen molar-refractivity contribution in [2.75, 3.05) is 0 Å². The molecule has 4 heteroatoms. The van der Waals surface area contributed by atoms with Crippen LogP contribution < -0.4 is 4.74 Å². The van der Waals surface area contributed by atoms with E-state index >= 15 is 0 Å². The molecular weight excluding hydrogens is 229 g/mol. The Labute approximate surface area is 97.7 Å². The van der Waals surface area contributed by atoms with Gasteiger partial charge in [-0.05, 0) is 17.7 Å². The van der Waals surface area contributed by atoms with Crippen LogP contribution in [0, 0.1) is 5.82 Å². The molecule has 0 radical (unpaired) electrons. The molecule has 0 atom stereocenters. The Balaban J connectivity index is 2.18. The minimum Gasteiger partial charge on any atom is -0.436 e. The minimum absolute atomic E-state index is 0.161. The maximum atomic E-state index is 13.2. The number of hydrogen-bond donors (Lipinski definition) is 0. The number of halogens is 2. The summed E-state index contributed by atoms with van der Waals surface area (Å²) in [6.45, 7) is 0. The molecule has 0 fully saturated rings. The number of alkyl halides is 1. The Morgan fingerprint density at radius 3 is 2.62 bits per heavy atom. The van der Waals surface area contributed by atoms with Gasteiger partial charge in [-0.1, -0.05) is 18.2 Å². The average molecular weight is 238 g/mol. The average Bonchev–Trinajstić information content (AvgIpc) is 2.33. The third kappa shape index (κ3) is 2.49. The Kier molecular flexibility index (Phi) is 3.37. The van der Waals surface area contributed by atoms with E-state index in [4.69, 9.17) is 16.3 Å². The van der Waals surface area contributed by atoms with E-state index in [0.717, 1.165) is 5.56 Å². The summed E-state index contributed by atoms with van der Waals surface area (Å²) in [4.78, 5) is 4.01. The van der Waals surface area contributed by atoms with Crippen LogP contribution in [-0.4, -0.2) is 4.98 Å². The minimum atomic E-state index is -0.411. The van der Waals surface area contributed by atoms with Gasteiger partial charge in [-0.15, -0.1) is 11.6 Å². The number of pyridine rings is 1. The maximum Gasteiger partial charge on any atom is 0.219 e. The molecule has 0 aliphatic carbocycles. The monoisotopic (exact) mass is 237 g/mol. The number of benzene rings is 1. The zero-order chi connectivity index (χ0) is 11.4. The maximum absolute atomic E-state index is 13.2. The summed E-state index contributed by atoms with van der Waals surface area (Å²) in [6.07, 6.45) is 1.60. The SMILES string of the molecule is Fc1ccccc1Oc1ccc(CCl)cn1. The van der Waals surface area contributed by atoms with Crippen LogP contribution in [0.2, 0.25) is 0 Å². The second-order valence-electron chi connectivity index (χ2n) is 3.17. The lowest BCUT2D eigenvalue weighted by Crippen LogP contribution is -1.91. The van der Waals surface area contributed by atoms with E-state index < -0.39 is 5.82 Å². The van der Waals surface area contributed by atoms with Gasteiger partial charge >= 0.3 is 0 Å². The van der Waals surface area contributed by atoms with Crippen molar-refractivity contribution in [2.24, 2.45) is 0 Å². The summed E-state index contributed by atoms with van der Waals surface area (Å²) in [5, 5.41) is 0. The zero-order valence-corrected chi connectivity index (χ0v) is 9.12. The van der Waals surface area contributed by atoms with Crippen molar-refractivity contribution in [3.05, 3.63) is 54.0 Å². The first-order chi connectivity index (χ1) is 7.79. The normalized spacial score (nSPS) is 10.1. The van der Waals surface area contributed by atoms with Crippen LogP contribution in [0.25, 0.3) is 0 Å². The second kappa shape index (κ2) is 4.94. The van der Waals surface area contributed by atoms with Crippen LogP contribution in [0.15, 0.2) is 42.6 Å². The highest BCUT2D eigenvalue weighted by Crippen LogP contribution is 2.22. The van der Waals surface area contributed by atoms with E-state index in [-0.39, 0.29) is 5.75 Å². The van der Waals surface area contributed by atoms with Gasteiger partial charge in [-0.3, -0.25) is 0 Å². The predicted octanol–water partition coefficient (Wildman–Crippen LogP) is 3.75. The highest BCUT2D eigenvalue weighted by Gasteiger charge is 2.03. The molecule has 16 heavy (non-hydrogen) atoms. The number of rotatable bonds is 3. The van der Waals surface area contributed by atoms with Gasteiger partial charge in [0.2, 0.25) is 5.88 Å².